The molecular weight excluding hydrogens is 416 g/mol. The van der Waals surface area contributed by atoms with E-state index in [-0.39, 0.29) is 16.6 Å². The predicted octanol–water partition coefficient (Wildman–Crippen LogP) is 1.69. The Bertz CT molecular complexity index is 1230. The minimum absolute atomic E-state index is 0.182. The molecule has 1 atom stereocenters. The molecule has 4 rings (SSSR count). The lowest BCUT2D eigenvalue weighted by Gasteiger charge is -2.14. The Labute approximate surface area is 180 Å². The van der Waals surface area contributed by atoms with Crippen LogP contribution in [0.4, 0.5) is 0 Å². The molecule has 0 aliphatic carbocycles. The van der Waals surface area contributed by atoms with Gasteiger partial charge in [0, 0.05) is 24.7 Å². The van der Waals surface area contributed by atoms with Crippen molar-refractivity contribution >= 4 is 27.4 Å². The Hall–Kier alpha value is -3.27. The number of aliphatic imine (C=N–C) groups is 1. The van der Waals surface area contributed by atoms with Gasteiger partial charge in [0.1, 0.15) is 17.7 Å². The molecule has 1 unspecified atom stereocenters. The molecule has 9 nitrogen and oxygen atoms in total. The van der Waals surface area contributed by atoms with Crippen LogP contribution < -0.4 is 10.0 Å². The van der Waals surface area contributed by atoms with Crippen molar-refractivity contribution in [1.82, 2.24) is 24.6 Å². The van der Waals surface area contributed by atoms with Crippen LogP contribution in [0.3, 0.4) is 0 Å². The highest BCUT2D eigenvalue weighted by Crippen LogP contribution is 2.23. The molecule has 0 fully saturated rings. The molecule has 10 heteroatoms. The fourth-order valence-corrected chi connectivity index (χ4v) is 4.75. The number of amidine groups is 1. The first-order chi connectivity index (χ1) is 15.0. The third kappa shape index (κ3) is 4.43. The van der Waals surface area contributed by atoms with Gasteiger partial charge >= 0.3 is 0 Å². The summed E-state index contributed by atoms with van der Waals surface area (Å²) in [6.07, 6.45) is 4.64. The van der Waals surface area contributed by atoms with Crippen LogP contribution in [0.1, 0.15) is 37.6 Å². The van der Waals surface area contributed by atoms with Crippen LogP contribution in [0.25, 0.3) is 5.65 Å². The van der Waals surface area contributed by atoms with Crippen molar-refractivity contribution in [2.75, 3.05) is 6.54 Å². The van der Waals surface area contributed by atoms with Crippen LogP contribution >= 0.6 is 0 Å². The fraction of sp³-hybridized carbons (Fsp3) is 0.333. The SMILES string of the molecule is CCCCC(N=C1NS(=O)(=O)c2ccccc21)C(=O)NCCc1nnc2ccccn12. The first-order valence-electron chi connectivity index (χ1n) is 10.3. The van der Waals surface area contributed by atoms with Gasteiger partial charge in [-0.25, -0.2) is 8.42 Å². The quantitative estimate of drug-likeness (QED) is 0.553. The summed E-state index contributed by atoms with van der Waals surface area (Å²) >= 11 is 0. The van der Waals surface area contributed by atoms with Crippen LogP contribution in [-0.4, -0.2) is 47.3 Å². The number of hydrogen-bond donors (Lipinski definition) is 2. The number of hydrogen-bond acceptors (Lipinski definition) is 6. The Morgan fingerprint density at radius 1 is 1.19 bits per heavy atom. The average molecular weight is 441 g/mol. The summed E-state index contributed by atoms with van der Waals surface area (Å²) in [7, 11) is -3.64. The number of rotatable bonds is 8. The highest BCUT2D eigenvalue weighted by Gasteiger charge is 2.31. The van der Waals surface area contributed by atoms with E-state index in [2.05, 4.69) is 25.2 Å². The normalized spacial score (nSPS) is 16.7. The monoisotopic (exact) mass is 440 g/mol. The van der Waals surface area contributed by atoms with Crippen molar-refractivity contribution in [2.45, 2.75) is 43.5 Å². The van der Waals surface area contributed by atoms with Crippen LogP contribution in [0, 0.1) is 0 Å². The Morgan fingerprint density at radius 2 is 2.00 bits per heavy atom. The van der Waals surface area contributed by atoms with E-state index in [1.165, 1.54) is 6.07 Å². The first kappa shape index (κ1) is 21.0. The van der Waals surface area contributed by atoms with E-state index in [0.29, 0.717) is 24.9 Å². The number of unbranched alkanes of at least 4 members (excludes halogenated alkanes) is 1. The maximum absolute atomic E-state index is 12.9. The minimum Gasteiger partial charge on any atom is -0.354 e. The highest BCUT2D eigenvalue weighted by molar-refractivity contribution is 7.90. The number of pyridine rings is 1. The smallest absolute Gasteiger partial charge is 0.263 e. The standard InChI is InChI=1S/C21H24N6O3S/c1-2-3-9-16(23-20-15-8-4-5-10-17(15)31(29,30)26-20)21(28)22-13-12-19-25-24-18-11-6-7-14-27(18)19/h4-8,10-11,14,16H,2-3,9,12-13H2,1H3,(H,22,28)(H,23,26). The van der Waals surface area contributed by atoms with Crippen molar-refractivity contribution in [1.29, 1.82) is 0 Å². The molecule has 1 amide bonds. The van der Waals surface area contributed by atoms with Gasteiger partial charge in [0.25, 0.3) is 10.0 Å². The topological polar surface area (TPSA) is 118 Å². The molecule has 2 N–H and O–H groups in total. The zero-order valence-electron chi connectivity index (χ0n) is 17.2. The fourth-order valence-electron chi connectivity index (χ4n) is 3.51. The summed E-state index contributed by atoms with van der Waals surface area (Å²) < 4.78 is 29.0. The van der Waals surface area contributed by atoms with Crippen LogP contribution in [-0.2, 0) is 21.2 Å². The van der Waals surface area contributed by atoms with Crippen molar-refractivity contribution < 1.29 is 13.2 Å². The third-order valence-electron chi connectivity index (χ3n) is 5.11. The van der Waals surface area contributed by atoms with Crippen LogP contribution in [0.5, 0.6) is 0 Å². The predicted molar refractivity (Wildman–Crippen MR) is 116 cm³/mol. The molecule has 31 heavy (non-hydrogen) atoms. The van der Waals surface area contributed by atoms with Crippen LogP contribution in [0.2, 0.25) is 0 Å². The molecule has 3 aromatic rings. The number of aromatic nitrogens is 3. The molecule has 2 aromatic heterocycles. The number of nitrogens with zero attached hydrogens (tertiary/aromatic N) is 4. The number of nitrogens with one attached hydrogen (secondary N) is 2. The van der Waals surface area contributed by atoms with Gasteiger partial charge < -0.3 is 5.32 Å². The molecule has 0 saturated heterocycles. The number of benzene rings is 1. The van der Waals surface area contributed by atoms with Gasteiger partial charge in [-0.05, 0) is 30.7 Å². The number of amides is 1. The maximum Gasteiger partial charge on any atom is 0.263 e. The Morgan fingerprint density at radius 3 is 2.84 bits per heavy atom. The highest BCUT2D eigenvalue weighted by atomic mass is 32.2. The summed E-state index contributed by atoms with van der Waals surface area (Å²) in [5, 5.41) is 11.2. The van der Waals surface area contributed by atoms with Gasteiger partial charge in [-0.1, -0.05) is 38.0 Å². The largest absolute Gasteiger partial charge is 0.354 e. The first-order valence-corrected chi connectivity index (χ1v) is 11.7. The van der Waals surface area contributed by atoms with E-state index in [1.807, 2.05) is 35.7 Å². The number of carbonyl (C=O) groups is 1. The van der Waals surface area contributed by atoms with Crippen molar-refractivity contribution in [3.05, 3.63) is 60.0 Å². The van der Waals surface area contributed by atoms with E-state index in [0.717, 1.165) is 24.3 Å². The summed E-state index contributed by atoms with van der Waals surface area (Å²) in [4.78, 5) is 17.5. The molecule has 0 spiro atoms. The summed E-state index contributed by atoms with van der Waals surface area (Å²) in [6.45, 7) is 2.41. The lowest BCUT2D eigenvalue weighted by Crippen LogP contribution is -2.36. The van der Waals surface area contributed by atoms with Crippen molar-refractivity contribution in [2.24, 2.45) is 4.99 Å². The maximum atomic E-state index is 12.9. The number of sulfonamides is 1. The Kier molecular flexibility index (Phi) is 5.99. The summed E-state index contributed by atoms with van der Waals surface area (Å²) in [6, 6.07) is 11.6. The molecular formula is C21H24N6O3S. The molecule has 1 aliphatic rings. The van der Waals surface area contributed by atoms with E-state index >= 15 is 0 Å². The number of carbonyl (C=O) groups excluding carboxylic acids is 1. The van der Waals surface area contributed by atoms with Gasteiger partial charge in [0.05, 0.1) is 4.90 Å². The molecule has 0 radical (unpaired) electrons. The van der Waals surface area contributed by atoms with Crippen LogP contribution in [0.15, 0.2) is 58.5 Å². The average Bonchev–Trinajstić information content (AvgIpc) is 3.29. The number of fused-ring (bicyclic) bond motifs is 2. The third-order valence-corrected chi connectivity index (χ3v) is 6.51. The summed E-state index contributed by atoms with van der Waals surface area (Å²) in [5.41, 5.74) is 1.25. The van der Waals surface area contributed by atoms with Crippen molar-refractivity contribution in [3.63, 3.8) is 0 Å². The molecule has 0 saturated carbocycles. The molecule has 0 bridgehead atoms. The summed E-state index contributed by atoms with van der Waals surface area (Å²) in [5.74, 6) is 0.735. The minimum atomic E-state index is -3.64. The van der Waals surface area contributed by atoms with Gasteiger partial charge in [-0.15, -0.1) is 10.2 Å². The van der Waals surface area contributed by atoms with Crippen molar-refractivity contribution in [3.8, 4) is 0 Å². The lowest BCUT2D eigenvalue weighted by molar-refractivity contribution is -0.122. The van der Waals surface area contributed by atoms with Gasteiger partial charge in [0.15, 0.2) is 5.65 Å². The van der Waals surface area contributed by atoms with Gasteiger partial charge in [-0.3, -0.25) is 18.9 Å². The second kappa shape index (κ2) is 8.84. The van der Waals surface area contributed by atoms with Gasteiger partial charge in [0.2, 0.25) is 5.91 Å². The van der Waals surface area contributed by atoms with E-state index in [1.54, 1.807) is 18.2 Å². The van der Waals surface area contributed by atoms with E-state index in [9.17, 15) is 13.2 Å². The second-order valence-corrected chi connectivity index (χ2v) is 8.97. The lowest BCUT2D eigenvalue weighted by atomic mass is 10.1. The molecule has 3 heterocycles. The van der Waals surface area contributed by atoms with Gasteiger partial charge in [-0.2, -0.15) is 0 Å². The van der Waals surface area contributed by atoms with E-state index in [4.69, 9.17) is 0 Å². The zero-order valence-corrected chi connectivity index (χ0v) is 18.0. The Balaban J connectivity index is 1.47. The second-order valence-electron chi connectivity index (χ2n) is 7.32. The van der Waals surface area contributed by atoms with E-state index < -0.39 is 16.1 Å². The zero-order chi connectivity index (χ0) is 21.8. The molecule has 162 valence electrons. The molecule has 1 aromatic carbocycles. The molecule has 1 aliphatic heterocycles.